The van der Waals surface area contributed by atoms with Crippen molar-refractivity contribution in [3.63, 3.8) is 0 Å². The van der Waals surface area contributed by atoms with E-state index >= 15 is 0 Å². The molecule has 188 valence electrons. The minimum atomic E-state index is -0.534. The first-order chi connectivity index (χ1) is 18.5. The van der Waals surface area contributed by atoms with Crippen molar-refractivity contribution in [2.75, 3.05) is 0 Å². The average Bonchev–Trinajstić information content (AvgIpc) is 3.26. The molecule has 0 aliphatic heterocycles. The second-order valence-electron chi connectivity index (χ2n) is 8.63. The molecule has 5 aromatic rings. The molecule has 0 atom stereocenters. The number of esters is 1. The Bertz CT molecular complexity index is 1630. The van der Waals surface area contributed by atoms with Crippen LogP contribution in [0.4, 0.5) is 0 Å². The van der Waals surface area contributed by atoms with E-state index in [4.69, 9.17) is 13.9 Å². The van der Waals surface area contributed by atoms with Crippen LogP contribution in [0.25, 0.3) is 17.0 Å². The summed E-state index contributed by atoms with van der Waals surface area (Å²) >= 11 is 3.37. The number of rotatable bonds is 8. The molecule has 0 fully saturated rings. The van der Waals surface area contributed by atoms with Gasteiger partial charge in [-0.2, -0.15) is 0 Å². The Labute approximate surface area is 228 Å². The molecule has 0 spiro atoms. The van der Waals surface area contributed by atoms with Gasteiger partial charge in [0.15, 0.2) is 5.78 Å². The Morgan fingerprint density at radius 1 is 0.868 bits per heavy atom. The number of aryl methyl sites for hydroxylation is 1. The number of ketones is 1. The molecule has 5 rings (SSSR count). The zero-order valence-electron chi connectivity index (χ0n) is 20.5. The lowest BCUT2D eigenvalue weighted by molar-refractivity contribution is 0.0734. The van der Waals surface area contributed by atoms with E-state index in [1.165, 1.54) is 6.08 Å². The quantitative estimate of drug-likeness (QED) is 0.0819. The molecule has 1 heterocycles. The van der Waals surface area contributed by atoms with E-state index < -0.39 is 5.97 Å². The largest absolute Gasteiger partial charge is 0.489 e. The zero-order valence-corrected chi connectivity index (χ0v) is 22.1. The van der Waals surface area contributed by atoms with Gasteiger partial charge < -0.3 is 13.9 Å². The summed E-state index contributed by atoms with van der Waals surface area (Å²) in [4.78, 5) is 25.6. The third kappa shape index (κ3) is 5.93. The fourth-order valence-corrected chi connectivity index (χ4v) is 4.27. The number of carbonyl (C=O) groups is 2. The highest BCUT2D eigenvalue weighted by Crippen LogP contribution is 2.30. The molecular weight excluding hydrogens is 544 g/mol. The number of halogens is 1. The van der Waals surface area contributed by atoms with Gasteiger partial charge >= 0.3 is 5.97 Å². The third-order valence-electron chi connectivity index (χ3n) is 5.91. The summed E-state index contributed by atoms with van der Waals surface area (Å²) in [5.41, 5.74) is 3.27. The summed E-state index contributed by atoms with van der Waals surface area (Å²) in [6, 6.07) is 29.4. The van der Waals surface area contributed by atoms with Crippen molar-refractivity contribution in [3.8, 4) is 11.5 Å². The van der Waals surface area contributed by atoms with E-state index in [0.29, 0.717) is 46.0 Å². The third-order valence-corrected chi connectivity index (χ3v) is 6.44. The maximum atomic E-state index is 13.2. The van der Waals surface area contributed by atoms with Gasteiger partial charge in [0.25, 0.3) is 0 Å². The first-order valence-corrected chi connectivity index (χ1v) is 12.8. The number of benzene rings is 4. The minimum absolute atomic E-state index is 0.120. The SMILES string of the molecule is Cc1oc2ccc(OCc3ccccc3)cc2c1C(=O)Oc1cccc(C=CC(=O)c2ccc(Br)cc2)c1. The fourth-order valence-electron chi connectivity index (χ4n) is 4.01. The number of fused-ring (bicyclic) bond motifs is 1. The van der Waals surface area contributed by atoms with Crippen LogP contribution in [0, 0.1) is 6.92 Å². The summed E-state index contributed by atoms with van der Waals surface area (Å²) in [5.74, 6) is 0.790. The van der Waals surface area contributed by atoms with E-state index in [1.54, 1.807) is 55.5 Å². The van der Waals surface area contributed by atoms with Crippen LogP contribution in [-0.2, 0) is 6.61 Å². The average molecular weight is 567 g/mol. The number of hydrogen-bond donors (Lipinski definition) is 0. The van der Waals surface area contributed by atoms with Crippen molar-refractivity contribution in [1.29, 1.82) is 0 Å². The predicted molar refractivity (Wildman–Crippen MR) is 151 cm³/mol. The summed E-state index contributed by atoms with van der Waals surface area (Å²) in [7, 11) is 0. The van der Waals surface area contributed by atoms with Crippen LogP contribution >= 0.6 is 15.9 Å². The lowest BCUT2D eigenvalue weighted by Gasteiger charge is -2.07. The van der Waals surface area contributed by atoms with Crippen LogP contribution in [0.1, 0.15) is 37.6 Å². The highest BCUT2D eigenvalue weighted by Gasteiger charge is 2.21. The molecule has 1 aromatic heterocycles. The topological polar surface area (TPSA) is 65.7 Å². The van der Waals surface area contributed by atoms with E-state index in [1.807, 2.05) is 54.6 Å². The standard InChI is InChI=1S/C32H23BrO5/c1-21-31(28-19-26(15-17-30(28)37-21)36-20-23-6-3-2-4-7-23)32(35)38-27-9-5-8-22(18-27)10-16-29(34)24-11-13-25(33)14-12-24/h2-19H,20H2,1H3. The zero-order chi connectivity index (χ0) is 26.5. The molecular formula is C32H23BrO5. The Morgan fingerprint density at radius 3 is 2.45 bits per heavy atom. The lowest BCUT2D eigenvalue weighted by atomic mass is 10.1. The Morgan fingerprint density at radius 2 is 1.66 bits per heavy atom. The molecule has 0 amide bonds. The molecule has 0 aliphatic carbocycles. The Hall–Kier alpha value is -4.42. The summed E-state index contributed by atoms with van der Waals surface area (Å²) in [6.45, 7) is 2.14. The van der Waals surface area contributed by atoms with Crippen LogP contribution < -0.4 is 9.47 Å². The minimum Gasteiger partial charge on any atom is -0.489 e. The molecule has 0 radical (unpaired) electrons. The maximum absolute atomic E-state index is 13.2. The fraction of sp³-hybridized carbons (Fsp3) is 0.0625. The van der Waals surface area contributed by atoms with Crippen LogP contribution in [0.2, 0.25) is 0 Å². The number of furan rings is 1. The maximum Gasteiger partial charge on any atom is 0.347 e. The van der Waals surface area contributed by atoms with E-state index in [0.717, 1.165) is 15.6 Å². The van der Waals surface area contributed by atoms with Gasteiger partial charge in [-0.15, -0.1) is 0 Å². The Kier molecular flexibility index (Phi) is 7.52. The van der Waals surface area contributed by atoms with Crippen molar-refractivity contribution in [2.45, 2.75) is 13.5 Å². The second-order valence-corrected chi connectivity index (χ2v) is 9.55. The predicted octanol–water partition coefficient (Wildman–Crippen LogP) is 8.20. The monoisotopic (exact) mass is 566 g/mol. The molecule has 0 unspecified atom stereocenters. The number of carbonyl (C=O) groups excluding carboxylic acids is 2. The molecule has 0 N–H and O–H groups in total. The highest BCUT2D eigenvalue weighted by molar-refractivity contribution is 9.10. The molecule has 5 nitrogen and oxygen atoms in total. The van der Waals surface area contributed by atoms with Gasteiger partial charge in [0.05, 0.1) is 0 Å². The normalized spacial score (nSPS) is 11.1. The molecule has 0 aliphatic rings. The van der Waals surface area contributed by atoms with Gasteiger partial charge in [-0.25, -0.2) is 4.79 Å². The van der Waals surface area contributed by atoms with E-state index in [9.17, 15) is 9.59 Å². The van der Waals surface area contributed by atoms with E-state index in [-0.39, 0.29) is 5.78 Å². The van der Waals surface area contributed by atoms with Crippen molar-refractivity contribution in [3.05, 3.63) is 136 Å². The summed E-state index contributed by atoms with van der Waals surface area (Å²) < 4.78 is 18.3. The summed E-state index contributed by atoms with van der Waals surface area (Å²) in [5, 5.41) is 0.620. The molecule has 0 saturated carbocycles. The van der Waals surface area contributed by atoms with Crippen molar-refractivity contribution >= 4 is 44.7 Å². The smallest absolute Gasteiger partial charge is 0.347 e. The highest BCUT2D eigenvalue weighted by atomic mass is 79.9. The van der Waals surface area contributed by atoms with Crippen molar-refractivity contribution in [1.82, 2.24) is 0 Å². The molecule has 38 heavy (non-hydrogen) atoms. The Balaban J connectivity index is 1.31. The van der Waals surface area contributed by atoms with Crippen LogP contribution in [0.5, 0.6) is 11.5 Å². The van der Waals surface area contributed by atoms with Crippen molar-refractivity contribution < 1.29 is 23.5 Å². The lowest BCUT2D eigenvalue weighted by Crippen LogP contribution is -2.09. The number of ether oxygens (including phenoxy) is 2. The molecule has 0 bridgehead atoms. The molecule has 0 saturated heterocycles. The van der Waals surface area contributed by atoms with Crippen LogP contribution in [0.15, 0.2) is 112 Å². The number of allylic oxidation sites excluding steroid dienone is 1. The second kappa shape index (κ2) is 11.3. The van der Waals surface area contributed by atoms with Crippen molar-refractivity contribution in [2.24, 2.45) is 0 Å². The van der Waals surface area contributed by atoms with Gasteiger partial charge in [0.2, 0.25) is 0 Å². The van der Waals surface area contributed by atoms with Gasteiger partial charge in [-0.05, 0) is 78.7 Å². The van der Waals surface area contributed by atoms with Crippen LogP contribution in [0.3, 0.4) is 0 Å². The number of hydrogen-bond acceptors (Lipinski definition) is 5. The molecule has 4 aromatic carbocycles. The first-order valence-electron chi connectivity index (χ1n) is 12.0. The van der Waals surface area contributed by atoms with Crippen LogP contribution in [-0.4, -0.2) is 11.8 Å². The van der Waals surface area contributed by atoms with Gasteiger partial charge in [0.1, 0.15) is 35.0 Å². The molecule has 6 heteroatoms. The van der Waals surface area contributed by atoms with Gasteiger partial charge in [0, 0.05) is 15.4 Å². The van der Waals surface area contributed by atoms with Gasteiger partial charge in [-0.3, -0.25) is 4.79 Å². The van der Waals surface area contributed by atoms with E-state index in [2.05, 4.69) is 15.9 Å². The first kappa shape index (κ1) is 25.2. The summed E-state index contributed by atoms with van der Waals surface area (Å²) in [6.07, 6.45) is 3.19. The van der Waals surface area contributed by atoms with Gasteiger partial charge in [-0.1, -0.05) is 64.5 Å².